The van der Waals surface area contributed by atoms with Crippen LogP contribution in [0.1, 0.15) is 43.0 Å². The molecule has 2 N–H and O–H groups in total. The molecule has 1 fully saturated rings. The topological polar surface area (TPSA) is 122 Å². The van der Waals surface area contributed by atoms with Crippen molar-refractivity contribution < 1.29 is 27.5 Å². The van der Waals surface area contributed by atoms with Gasteiger partial charge in [-0.25, -0.2) is 22.3 Å². The molecule has 0 bridgehead atoms. The first-order chi connectivity index (χ1) is 13.6. The number of sulfonamides is 1. The molecule has 3 amide bonds. The summed E-state index contributed by atoms with van der Waals surface area (Å²) >= 11 is 0. The molecule has 1 aliphatic carbocycles. The van der Waals surface area contributed by atoms with Gasteiger partial charge < -0.3 is 10.1 Å². The second-order valence-electron chi connectivity index (χ2n) is 7.28. The van der Waals surface area contributed by atoms with Gasteiger partial charge in [-0.2, -0.15) is 0 Å². The molecule has 0 aromatic heterocycles. The summed E-state index contributed by atoms with van der Waals surface area (Å²) in [7, 11) is -0.794. The van der Waals surface area contributed by atoms with Gasteiger partial charge in [0.2, 0.25) is 10.0 Å². The number of urea groups is 1. The van der Waals surface area contributed by atoms with E-state index in [1.54, 1.807) is 0 Å². The maximum absolute atomic E-state index is 12.0. The van der Waals surface area contributed by atoms with Crippen LogP contribution >= 0.6 is 0 Å². The number of carbonyl (C=O) groups is 3. The molecule has 29 heavy (non-hydrogen) atoms. The van der Waals surface area contributed by atoms with Gasteiger partial charge in [-0.15, -0.1) is 0 Å². The summed E-state index contributed by atoms with van der Waals surface area (Å²) in [6.07, 6.45) is 4.08. The van der Waals surface area contributed by atoms with E-state index >= 15 is 0 Å². The van der Waals surface area contributed by atoms with Crippen LogP contribution in [0.4, 0.5) is 4.79 Å². The van der Waals surface area contributed by atoms with E-state index in [1.165, 1.54) is 38.4 Å². The molecule has 1 saturated carbocycles. The number of hydrogen-bond donors (Lipinski definition) is 2. The van der Waals surface area contributed by atoms with Gasteiger partial charge in [-0.1, -0.05) is 19.8 Å². The van der Waals surface area contributed by atoms with E-state index in [1.807, 2.05) is 0 Å². The van der Waals surface area contributed by atoms with Gasteiger partial charge in [0, 0.05) is 20.1 Å². The molecule has 2 atom stereocenters. The summed E-state index contributed by atoms with van der Waals surface area (Å²) in [6.45, 7) is 1.44. The Labute approximate surface area is 170 Å². The fraction of sp³-hybridized carbons (Fsp3) is 0.526. The summed E-state index contributed by atoms with van der Waals surface area (Å²) in [6, 6.07) is 4.58. The Morgan fingerprint density at radius 1 is 1.10 bits per heavy atom. The van der Waals surface area contributed by atoms with Crippen LogP contribution < -0.4 is 10.6 Å². The van der Waals surface area contributed by atoms with Crippen LogP contribution in [0.2, 0.25) is 0 Å². The molecule has 160 valence electrons. The summed E-state index contributed by atoms with van der Waals surface area (Å²) in [5.74, 6) is -1.19. The molecule has 10 heteroatoms. The second-order valence-corrected chi connectivity index (χ2v) is 9.43. The van der Waals surface area contributed by atoms with Crippen molar-refractivity contribution in [2.24, 2.45) is 5.92 Å². The molecule has 0 aliphatic heterocycles. The summed E-state index contributed by atoms with van der Waals surface area (Å²) in [5.41, 5.74) is 0.0935. The molecule has 0 spiro atoms. The highest BCUT2D eigenvalue weighted by Crippen LogP contribution is 2.23. The van der Waals surface area contributed by atoms with Crippen LogP contribution in [0.5, 0.6) is 0 Å². The smallest absolute Gasteiger partial charge is 0.338 e. The van der Waals surface area contributed by atoms with Crippen molar-refractivity contribution in [1.82, 2.24) is 14.9 Å². The molecular formula is C19H27N3O6S. The lowest BCUT2D eigenvalue weighted by molar-refractivity contribution is -0.123. The molecule has 0 radical (unpaired) electrons. The first-order valence-electron chi connectivity index (χ1n) is 9.41. The minimum atomic E-state index is -3.60. The van der Waals surface area contributed by atoms with E-state index in [0.29, 0.717) is 5.92 Å². The zero-order chi connectivity index (χ0) is 21.6. The lowest BCUT2D eigenvalue weighted by Crippen LogP contribution is -2.48. The number of esters is 1. The zero-order valence-corrected chi connectivity index (χ0v) is 17.6. The first kappa shape index (κ1) is 22.8. The SMILES string of the molecule is C[C@@H]1CCCC[C@@H]1NC(=O)NC(=O)COC(=O)c1ccc(S(=O)(=O)N(C)C)cc1. The predicted molar refractivity (Wildman–Crippen MR) is 106 cm³/mol. The quantitative estimate of drug-likeness (QED) is 0.666. The third-order valence-corrected chi connectivity index (χ3v) is 6.71. The molecular weight excluding hydrogens is 398 g/mol. The standard InChI is InChI=1S/C19H27N3O6S/c1-13-6-4-5-7-16(13)20-19(25)21-17(23)12-28-18(24)14-8-10-15(11-9-14)29(26,27)22(2)3/h8-11,13,16H,4-7,12H2,1-3H3,(H2,20,21,23,25)/t13-,16+/m1/s1. The number of benzene rings is 1. The van der Waals surface area contributed by atoms with E-state index < -0.39 is 34.5 Å². The first-order valence-corrected chi connectivity index (χ1v) is 10.9. The van der Waals surface area contributed by atoms with Crippen molar-refractivity contribution in [3.05, 3.63) is 29.8 Å². The Morgan fingerprint density at radius 3 is 2.31 bits per heavy atom. The number of nitrogens with one attached hydrogen (secondary N) is 2. The van der Waals surface area contributed by atoms with Crippen molar-refractivity contribution in [3.63, 3.8) is 0 Å². The van der Waals surface area contributed by atoms with Gasteiger partial charge in [0.1, 0.15) is 0 Å². The minimum absolute atomic E-state index is 0.0241. The van der Waals surface area contributed by atoms with Gasteiger partial charge in [0.05, 0.1) is 10.5 Å². The van der Waals surface area contributed by atoms with E-state index in [2.05, 4.69) is 17.6 Å². The summed E-state index contributed by atoms with van der Waals surface area (Å²) < 4.78 is 30.0. The largest absolute Gasteiger partial charge is 0.452 e. The molecule has 9 nitrogen and oxygen atoms in total. The average Bonchev–Trinajstić information content (AvgIpc) is 2.67. The van der Waals surface area contributed by atoms with Gasteiger partial charge >= 0.3 is 12.0 Å². The maximum Gasteiger partial charge on any atom is 0.338 e. The lowest BCUT2D eigenvalue weighted by Gasteiger charge is -2.29. The van der Waals surface area contributed by atoms with Crippen molar-refractivity contribution in [2.75, 3.05) is 20.7 Å². The number of rotatable bonds is 6. The predicted octanol–water partition coefficient (Wildman–Crippen LogP) is 1.50. The Hall–Kier alpha value is -2.46. The Kier molecular flexibility index (Phi) is 7.74. The Bertz CT molecular complexity index is 851. The molecule has 1 aliphatic rings. The van der Waals surface area contributed by atoms with Crippen molar-refractivity contribution in [2.45, 2.75) is 43.5 Å². The highest BCUT2D eigenvalue weighted by atomic mass is 32.2. The summed E-state index contributed by atoms with van der Waals surface area (Å²) in [4.78, 5) is 35.8. The number of ether oxygens (including phenoxy) is 1. The van der Waals surface area contributed by atoms with Crippen LogP contribution in [0, 0.1) is 5.92 Å². The fourth-order valence-corrected chi connectivity index (χ4v) is 3.99. The zero-order valence-electron chi connectivity index (χ0n) is 16.8. The Balaban J connectivity index is 1.82. The van der Waals surface area contributed by atoms with E-state index in [0.717, 1.165) is 30.0 Å². The minimum Gasteiger partial charge on any atom is -0.452 e. The summed E-state index contributed by atoms with van der Waals surface area (Å²) in [5, 5.41) is 4.92. The van der Waals surface area contributed by atoms with Crippen molar-refractivity contribution in [1.29, 1.82) is 0 Å². The average molecular weight is 426 g/mol. The fourth-order valence-electron chi connectivity index (χ4n) is 3.09. The van der Waals surface area contributed by atoms with Crippen LogP contribution in [-0.4, -0.2) is 57.4 Å². The van der Waals surface area contributed by atoms with Crippen LogP contribution in [0.15, 0.2) is 29.2 Å². The lowest BCUT2D eigenvalue weighted by atomic mass is 9.86. The van der Waals surface area contributed by atoms with Gasteiger partial charge in [0.25, 0.3) is 5.91 Å². The van der Waals surface area contributed by atoms with E-state index in [9.17, 15) is 22.8 Å². The highest BCUT2D eigenvalue weighted by Gasteiger charge is 2.23. The Morgan fingerprint density at radius 2 is 1.72 bits per heavy atom. The van der Waals surface area contributed by atoms with Gasteiger partial charge in [-0.05, 0) is 43.0 Å². The molecule has 1 aromatic rings. The van der Waals surface area contributed by atoms with Crippen LogP contribution in [-0.2, 0) is 19.6 Å². The number of imide groups is 1. The highest BCUT2D eigenvalue weighted by molar-refractivity contribution is 7.89. The van der Waals surface area contributed by atoms with Crippen molar-refractivity contribution in [3.8, 4) is 0 Å². The maximum atomic E-state index is 12.0. The molecule has 0 heterocycles. The monoisotopic (exact) mass is 425 g/mol. The van der Waals surface area contributed by atoms with Crippen molar-refractivity contribution >= 4 is 27.9 Å². The number of amides is 3. The third kappa shape index (κ3) is 6.26. The number of nitrogens with zero attached hydrogens (tertiary/aromatic N) is 1. The normalized spacial score (nSPS) is 19.4. The molecule has 1 aromatic carbocycles. The second kappa shape index (κ2) is 9.84. The van der Waals surface area contributed by atoms with Gasteiger partial charge in [-0.3, -0.25) is 10.1 Å². The number of carbonyl (C=O) groups excluding carboxylic acids is 3. The molecule has 2 rings (SSSR count). The van der Waals surface area contributed by atoms with Crippen LogP contribution in [0.3, 0.4) is 0 Å². The molecule has 0 saturated heterocycles. The van der Waals surface area contributed by atoms with Crippen LogP contribution in [0.25, 0.3) is 0 Å². The molecule has 0 unspecified atom stereocenters. The number of hydrogen-bond acceptors (Lipinski definition) is 6. The van der Waals surface area contributed by atoms with E-state index in [-0.39, 0.29) is 16.5 Å². The third-order valence-electron chi connectivity index (χ3n) is 4.88. The van der Waals surface area contributed by atoms with E-state index in [4.69, 9.17) is 4.74 Å². The van der Waals surface area contributed by atoms with Gasteiger partial charge in [0.15, 0.2) is 6.61 Å².